The van der Waals surface area contributed by atoms with Gasteiger partial charge >= 0.3 is 6.18 Å². The molecule has 6 nitrogen and oxygen atoms in total. The van der Waals surface area contributed by atoms with Crippen molar-refractivity contribution in [3.05, 3.63) is 53.5 Å². The summed E-state index contributed by atoms with van der Waals surface area (Å²) >= 11 is 0. The Kier molecular flexibility index (Phi) is 4.54. The minimum absolute atomic E-state index is 0.0265. The number of aromatic nitrogens is 4. The van der Waals surface area contributed by atoms with E-state index in [4.69, 9.17) is 0 Å². The van der Waals surface area contributed by atoms with Gasteiger partial charge in [0.2, 0.25) is 0 Å². The maximum Gasteiger partial charge on any atom is 0.453 e. The van der Waals surface area contributed by atoms with Gasteiger partial charge in [0.25, 0.3) is 5.82 Å². The van der Waals surface area contributed by atoms with Gasteiger partial charge in [0.05, 0.1) is 4.90 Å². The number of hydrogen-bond acceptors (Lipinski definition) is 5. The van der Waals surface area contributed by atoms with E-state index in [0.717, 1.165) is 28.3 Å². The lowest BCUT2D eigenvalue weighted by molar-refractivity contribution is -0.144. The van der Waals surface area contributed by atoms with Crippen molar-refractivity contribution < 1.29 is 21.6 Å². The van der Waals surface area contributed by atoms with Gasteiger partial charge in [0, 0.05) is 18.0 Å². The van der Waals surface area contributed by atoms with Crippen molar-refractivity contribution in [3.8, 4) is 17.2 Å². The monoisotopic (exact) mass is 396 g/mol. The van der Waals surface area contributed by atoms with E-state index < -0.39 is 21.8 Å². The number of benzene rings is 1. The lowest BCUT2D eigenvalue weighted by Crippen LogP contribution is -2.09. The third kappa shape index (κ3) is 3.85. The minimum Gasteiger partial charge on any atom is -0.236 e. The SMILES string of the molecule is Cc1ccc(-c2nc(C(F)(F)F)nn2-c2ccc(S(C)(=O)=O)cn2)cc1C. The number of sulfone groups is 1. The second-order valence-corrected chi connectivity index (χ2v) is 8.11. The van der Waals surface area contributed by atoms with Crippen LogP contribution in [0.1, 0.15) is 17.0 Å². The highest BCUT2D eigenvalue weighted by Gasteiger charge is 2.37. The molecule has 0 saturated carbocycles. The molecule has 3 aromatic rings. The van der Waals surface area contributed by atoms with Gasteiger partial charge in [-0.05, 0) is 43.2 Å². The highest BCUT2D eigenvalue weighted by Crippen LogP contribution is 2.30. The maximum atomic E-state index is 13.1. The largest absolute Gasteiger partial charge is 0.453 e. The number of alkyl halides is 3. The zero-order valence-electron chi connectivity index (χ0n) is 14.6. The van der Waals surface area contributed by atoms with Crippen LogP contribution in [0.2, 0.25) is 0 Å². The fraction of sp³-hybridized carbons (Fsp3) is 0.235. The summed E-state index contributed by atoms with van der Waals surface area (Å²) < 4.78 is 63.5. The summed E-state index contributed by atoms with van der Waals surface area (Å²) in [6.45, 7) is 3.72. The summed E-state index contributed by atoms with van der Waals surface area (Å²) in [6, 6.07) is 7.68. The Morgan fingerprint density at radius 1 is 1.04 bits per heavy atom. The first kappa shape index (κ1) is 19.0. The number of aryl methyl sites for hydroxylation is 2. The Morgan fingerprint density at radius 3 is 2.26 bits per heavy atom. The predicted octanol–water partition coefficient (Wildman–Crippen LogP) is 3.37. The van der Waals surface area contributed by atoms with Crippen LogP contribution in [-0.2, 0) is 16.0 Å². The lowest BCUT2D eigenvalue weighted by atomic mass is 10.1. The number of rotatable bonds is 3. The molecule has 1 aromatic carbocycles. The smallest absolute Gasteiger partial charge is 0.236 e. The van der Waals surface area contributed by atoms with Crippen molar-refractivity contribution in [1.82, 2.24) is 19.7 Å². The summed E-state index contributed by atoms with van der Waals surface area (Å²) in [5.41, 5.74) is 2.31. The fourth-order valence-corrected chi connectivity index (χ4v) is 2.94. The molecule has 0 saturated heterocycles. The molecule has 0 bridgehead atoms. The number of nitrogens with zero attached hydrogens (tertiary/aromatic N) is 4. The van der Waals surface area contributed by atoms with Crippen LogP contribution in [0, 0.1) is 13.8 Å². The second-order valence-electron chi connectivity index (χ2n) is 6.09. The lowest BCUT2D eigenvalue weighted by Gasteiger charge is -2.07. The summed E-state index contributed by atoms with van der Waals surface area (Å²) in [7, 11) is -3.48. The maximum absolute atomic E-state index is 13.1. The molecule has 0 fully saturated rings. The van der Waals surface area contributed by atoms with E-state index >= 15 is 0 Å². The average molecular weight is 396 g/mol. The van der Waals surface area contributed by atoms with Gasteiger partial charge in [0.15, 0.2) is 21.5 Å². The van der Waals surface area contributed by atoms with E-state index in [0.29, 0.717) is 5.56 Å². The molecule has 0 atom stereocenters. The Labute approximate surface area is 153 Å². The number of halogens is 3. The first-order valence-corrected chi connectivity index (χ1v) is 9.64. The second kappa shape index (κ2) is 6.45. The van der Waals surface area contributed by atoms with E-state index in [-0.39, 0.29) is 16.5 Å². The predicted molar refractivity (Wildman–Crippen MR) is 92.2 cm³/mol. The van der Waals surface area contributed by atoms with Crippen LogP contribution < -0.4 is 0 Å². The third-order valence-electron chi connectivity index (χ3n) is 3.99. The zero-order chi connectivity index (χ0) is 20.0. The van der Waals surface area contributed by atoms with E-state index in [1.165, 1.54) is 12.1 Å². The molecule has 10 heteroatoms. The summed E-state index contributed by atoms with van der Waals surface area (Å²) in [5.74, 6) is -1.31. The standard InChI is InChI=1S/C17H15F3N4O2S/c1-10-4-5-12(8-11(10)2)15-22-16(17(18,19)20)23-24(15)14-7-6-13(9-21-14)27(3,25)26/h4-9H,1-3H3. The fourth-order valence-electron chi connectivity index (χ4n) is 2.38. The molecule has 2 aromatic heterocycles. The van der Waals surface area contributed by atoms with Gasteiger partial charge in [0.1, 0.15) is 0 Å². The molecule has 0 amide bonds. The van der Waals surface area contributed by atoms with Crippen molar-refractivity contribution in [2.24, 2.45) is 0 Å². The molecule has 0 N–H and O–H groups in total. The molecule has 27 heavy (non-hydrogen) atoms. The van der Waals surface area contributed by atoms with E-state index in [1.807, 2.05) is 13.8 Å². The highest BCUT2D eigenvalue weighted by molar-refractivity contribution is 7.90. The van der Waals surface area contributed by atoms with Gasteiger partial charge in [-0.15, -0.1) is 5.10 Å². The Bertz CT molecular complexity index is 1100. The van der Waals surface area contributed by atoms with E-state index in [2.05, 4.69) is 15.1 Å². The summed E-state index contributed by atoms with van der Waals surface area (Å²) in [5, 5.41) is 3.54. The van der Waals surface area contributed by atoms with E-state index in [1.54, 1.807) is 18.2 Å². The molecule has 0 unspecified atom stereocenters. The van der Waals surface area contributed by atoms with Crippen LogP contribution >= 0.6 is 0 Å². The molecular formula is C17H15F3N4O2S. The van der Waals surface area contributed by atoms with Crippen LogP contribution in [0.4, 0.5) is 13.2 Å². The third-order valence-corrected chi connectivity index (χ3v) is 5.09. The number of hydrogen-bond donors (Lipinski definition) is 0. The quantitative estimate of drug-likeness (QED) is 0.678. The van der Waals surface area contributed by atoms with E-state index in [9.17, 15) is 21.6 Å². The molecule has 0 aliphatic carbocycles. The summed E-state index contributed by atoms with van der Waals surface area (Å²) in [4.78, 5) is 7.54. The van der Waals surface area contributed by atoms with Crippen molar-refractivity contribution in [2.45, 2.75) is 24.9 Å². The molecule has 3 rings (SSSR count). The van der Waals surface area contributed by atoms with Gasteiger partial charge in [-0.2, -0.15) is 17.9 Å². The Hall–Kier alpha value is -2.75. The van der Waals surface area contributed by atoms with Crippen LogP contribution in [0.15, 0.2) is 41.4 Å². The van der Waals surface area contributed by atoms with Gasteiger partial charge < -0.3 is 0 Å². The normalized spacial score (nSPS) is 12.4. The Balaban J connectivity index is 2.19. The molecule has 0 aliphatic heterocycles. The van der Waals surface area contributed by atoms with Crippen LogP contribution in [0.25, 0.3) is 17.2 Å². The Morgan fingerprint density at radius 2 is 1.74 bits per heavy atom. The molecule has 0 spiro atoms. The number of pyridine rings is 1. The van der Waals surface area contributed by atoms with Crippen molar-refractivity contribution in [2.75, 3.05) is 6.26 Å². The zero-order valence-corrected chi connectivity index (χ0v) is 15.4. The van der Waals surface area contributed by atoms with Crippen molar-refractivity contribution in [1.29, 1.82) is 0 Å². The first-order valence-electron chi connectivity index (χ1n) is 7.75. The molecule has 142 valence electrons. The van der Waals surface area contributed by atoms with Crippen LogP contribution in [0.3, 0.4) is 0 Å². The summed E-state index contributed by atoms with van der Waals surface area (Å²) in [6.07, 6.45) is -2.64. The van der Waals surface area contributed by atoms with Gasteiger partial charge in [-0.3, -0.25) is 0 Å². The van der Waals surface area contributed by atoms with Crippen molar-refractivity contribution >= 4 is 9.84 Å². The first-order chi connectivity index (χ1) is 12.5. The molecule has 0 radical (unpaired) electrons. The molecule has 0 aliphatic rings. The van der Waals surface area contributed by atoms with Crippen LogP contribution in [-0.4, -0.2) is 34.4 Å². The van der Waals surface area contributed by atoms with Gasteiger partial charge in [-0.1, -0.05) is 12.1 Å². The topological polar surface area (TPSA) is 77.7 Å². The van der Waals surface area contributed by atoms with Crippen LogP contribution in [0.5, 0.6) is 0 Å². The van der Waals surface area contributed by atoms with Crippen molar-refractivity contribution in [3.63, 3.8) is 0 Å². The average Bonchev–Trinajstić information content (AvgIpc) is 3.02. The molecule has 2 heterocycles. The molecular weight excluding hydrogens is 381 g/mol. The van der Waals surface area contributed by atoms with Gasteiger partial charge in [-0.25, -0.2) is 18.4 Å². The highest BCUT2D eigenvalue weighted by atomic mass is 32.2. The minimum atomic E-state index is -4.73.